The number of hydrogen-bond acceptors (Lipinski definition) is 5. The lowest BCUT2D eigenvalue weighted by Crippen LogP contribution is -2.31. The number of aryl methyl sites for hydroxylation is 1. The summed E-state index contributed by atoms with van der Waals surface area (Å²) in [6.07, 6.45) is 3.11. The highest BCUT2D eigenvalue weighted by Crippen LogP contribution is 2.20. The van der Waals surface area contributed by atoms with E-state index in [0.717, 1.165) is 18.7 Å². The minimum Gasteiger partial charge on any atom is -0.472 e. The molecule has 0 unspecified atom stereocenters. The first-order valence-electron chi connectivity index (χ1n) is 8.12. The summed E-state index contributed by atoms with van der Waals surface area (Å²) in [5.41, 5.74) is 0. The Labute approximate surface area is 146 Å². The van der Waals surface area contributed by atoms with E-state index in [4.69, 9.17) is 4.74 Å². The SMILES string of the molecule is Cc1nccc(O[C@H]2CCN(C(=O)CCSc3ccccc3)C2)n1. The van der Waals surface area contributed by atoms with E-state index in [9.17, 15) is 4.79 Å². The van der Waals surface area contributed by atoms with Crippen LogP contribution in [0.5, 0.6) is 5.88 Å². The van der Waals surface area contributed by atoms with Gasteiger partial charge in [-0.3, -0.25) is 4.79 Å². The number of amides is 1. The third kappa shape index (κ3) is 4.71. The van der Waals surface area contributed by atoms with Crippen LogP contribution in [0.3, 0.4) is 0 Å². The third-order valence-corrected chi connectivity index (χ3v) is 4.88. The van der Waals surface area contributed by atoms with Crippen molar-refractivity contribution in [1.82, 2.24) is 14.9 Å². The number of thioether (sulfide) groups is 1. The summed E-state index contributed by atoms with van der Waals surface area (Å²) in [5, 5.41) is 0. The highest BCUT2D eigenvalue weighted by Gasteiger charge is 2.27. The van der Waals surface area contributed by atoms with Crippen LogP contribution in [-0.4, -0.2) is 45.7 Å². The summed E-state index contributed by atoms with van der Waals surface area (Å²) in [6.45, 7) is 3.23. The normalized spacial score (nSPS) is 17.0. The number of rotatable bonds is 6. The highest BCUT2D eigenvalue weighted by molar-refractivity contribution is 7.99. The van der Waals surface area contributed by atoms with Crippen molar-refractivity contribution < 1.29 is 9.53 Å². The molecule has 2 aromatic rings. The number of hydrogen-bond donors (Lipinski definition) is 0. The van der Waals surface area contributed by atoms with E-state index in [1.165, 1.54) is 4.90 Å². The number of nitrogens with zero attached hydrogens (tertiary/aromatic N) is 3. The van der Waals surface area contributed by atoms with E-state index in [0.29, 0.717) is 24.7 Å². The van der Waals surface area contributed by atoms with E-state index < -0.39 is 0 Å². The summed E-state index contributed by atoms with van der Waals surface area (Å²) in [5.74, 6) is 2.27. The number of carbonyl (C=O) groups excluding carboxylic acids is 1. The van der Waals surface area contributed by atoms with Crippen molar-refractivity contribution in [2.75, 3.05) is 18.8 Å². The standard InChI is InChI=1S/C18H21N3O2S/c1-14-19-10-7-17(20-14)23-15-8-11-21(13-15)18(22)9-12-24-16-5-3-2-4-6-16/h2-7,10,15H,8-9,11-13H2,1H3/t15-/m0/s1. The first kappa shape index (κ1) is 16.8. The van der Waals surface area contributed by atoms with Crippen molar-refractivity contribution in [3.8, 4) is 5.88 Å². The van der Waals surface area contributed by atoms with Crippen molar-refractivity contribution in [1.29, 1.82) is 0 Å². The van der Waals surface area contributed by atoms with Gasteiger partial charge in [0.25, 0.3) is 0 Å². The van der Waals surface area contributed by atoms with E-state index >= 15 is 0 Å². The van der Waals surface area contributed by atoms with Crippen molar-refractivity contribution in [2.45, 2.75) is 30.8 Å². The molecule has 5 nitrogen and oxygen atoms in total. The number of likely N-dealkylation sites (tertiary alicyclic amines) is 1. The third-order valence-electron chi connectivity index (χ3n) is 3.86. The predicted octanol–water partition coefficient (Wildman–Crippen LogP) is 2.95. The minimum absolute atomic E-state index is 0.0185. The van der Waals surface area contributed by atoms with E-state index in [-0.39, 0.29) is 12.0 Å². The Hall–Kier alpha value is -2.08. The molecule has 126 valence electrons. The molecule has 1 aromatic heterocycles. The van der Waals surface area contributed by atoms with Crippen LogP contribution in [0.1, 0.15) is 18.7 Å². The lowest BCUT2D eigenvalue weighted by molar-refractivity contribution is -0.129. The Balaban J connectivity index is 1.42. The monoisotopic (exact) mass is 343 g/mol. The Morgan fingerprint density at radius 3 is 2.96 bits per heavy atom. The van der Waals surface area contributed by atoms with Crippen molar-refractivity contribution in [3.05, 3.63) is 48.4 Å². The zero-order valence-corrected chi connectivity index (χ0v) is 14.5. The number of benzene rings is 1. The summed E-state index contributed by atoms with van der Waals surface area (Å²) in [4.78, 5) is 23.7. The summed E-state index contributed by atoms with van der Waals surface area (Å²) >= 11 is 1.72. The second-order valence-electron chi connectivity index (χ2n) is 5.72. The van der Waals surface area contributed by atoms with Gasteiger partial charge in [-0.25, -0.2) is 4.98 Å². The van der Waals surface area contributed by atoms with Gasteiger partial charge in [0.2, 0.25) is 11.8 Å². The molecule has 0 spiro atoms. The molecular weight excluding hydrogens is 322 g/mol. The maximum absolute atomic E-state index is 12.3. The van der Waals surface area contributed by atoms with Crippen molar-refractivity contribution in [3.63, 3.8) is 0 Å². The molecule has 0 radical (unpaired) electrons. The molecule has 24 heavy (non-hydrogen) atoms. The smallest absolute Gasteiger partial charge is 0.223 e. The first-order chi connectivity index (χ1) is 11.7. The quantitative estimate of drug-likeness (QED) is 0.755. The van der Waals surface area contributed by atoms with Crippen LogP contribution in [0.25, 0.3) is 0 Å². The second-order valence-corrected chi connectivity index (χ2v) is 6.89. The molecule has 1 aliphatic rings. The van der Waals surface area contributed by atoms with Crippen molar-refractivity contribution in [2.24, 2.45) is 0 Å². The molecule has 0 saturated carbocycles. The Bertz CT molecular complexity index is 681. The van der Waals surface area contributed by atoms with Gasteiger partial charge in [0.15, 0.2) is 0 Å². The zero-order valence-electron chi connectivity index (χ0n) is 13.7. The van der Waals surface area contributed by atoms with Gasteiger partial charge in [-0.2, -0.15) is 4.98 Å². The zero-order chi connectivity index (χ0) is 16.8. The summed E-state index contributed by atoms with van der Waals surface area (Å²) in [7, 11) is 0. The molecule has 1 amide bonds. The molecular formula is C18H21N3O2S. The van der Waals surface area contributed by atoms with Crippen LogP contribution in [0.4, 0.5) is 0 Å². The van der Waals surface area contributed by atoms with Crippen molar-refractivity contribution >= 4 is 17.7 Å². The molecule has 1 aliphatic heterocycles. The second kappa shape index (κ2) is 8.15. The average Bonchev–Trinajstić information content (AvgIpc) is 3.04. The fourth-order valence-electron chi connectivity index (χ4n) is 2.65. The molecule has 1 aromatic carbocycles. The van der Waals surface area contributed by atoms with Gasteiger partial charge in [-0.15, -0.1) is 11.8 Å². The Kier molecular flexibility index (Phi) is 5.69. The maximum atomic E-state index is 12.3. The van der Waals surface area contributed by atoms with Crippen LogP contribution in [0.15, 0.2) is 47.5 Å². The molecule has 2 heterocycles. The van der Waals surface area contributed by atoms with E-state index in [2.05, 4.69) is 22.1 Å². The van der Waals surface area contributed by atoms with E-state index in [1.54, 1.807) is 24.0 Å². The summed E-state index contributed by atoms with van der Waals surface area (Å²) in [6, 6.07) is 11.9. The fraction of sp³-hybridized carbons (Fsp3) is 0.389. The number of carbonyl (C=O) groups is 1. The molecule has 0 aliphatic carbocycles. The lowest BCUT2D eigenvalue weighted by Gasteiger charge is -2.17. The largest absolute Gasteiger partial charge is 0.472 e. The van der Waals surface area contributed by atoms with Gasteiger partial charge in [0.1, 0.15) is 11.9 Å². The van der Waals surface area contributed by atoms with Crippen LogP contribution in [0.2, 0.25) is 0 Å². The lowest BCUT2D eigenvalue weighted by atomic mass is 10.3. The van der Waals surface area contributed by atoms with Gasteiger partial charge in [0.05, 0.1) is 6.54 Å². The van der Waals surface area contributed by atoms with Gasteiger partial charge in [-0.05, 0) is 19.1 Å². The number of aromatic nitrogens is 2. The number of ether oxygens (including phenoxy) is 1. The molecule has 1 atom stereocenters. The van der Waals surface area contributed by atoms with Gasteiger partial charge < -0.3 is 9.64 Å². The molecule has 1 saturated heterocycles. The fourth-order valence-corrected chi connectivity index (χ4v) is 3.51. The van der Waals surface area contributed by atoms with Crippen LogP contribution in [0, 0.1) is 6.92 Å². The maximum Gasteiger partial charge on any atom is 0.223 e. The molecule has 3 rings (SSSR count). The predicted molar refractivity (Wildman–Crippen MR) is 94.2 cm³/mol. The van der Waals surface area contributed by atoms with Gasteiger partial charge >= 0.3 is 0 Å². The van der Waals surface area contributed by atoms with E-state index in [1.807, 2.05) is 30.0 Å². The Morgan fingerprint density at radius 2 is 2.17 bits per heavy atom. The minimum atomic E-state index is 0.0185. The first-order valence-corrected chi connectivity index (χ1v) is 9.11. The average molecular weight is 343 g/mol. The Morgan fingerprint density at radius 1 is 1.33 bits per heavy atom. The summed E-state index contributed by atoms with van der Waals surface area (Å²) < 4.78 is 5.86. The molecule has 1 fully saturated rings. The highest BCUT2D eigenvalue weighted by atomic mass is 32.2. The van der Waals surface area contributed by atoms with Crippen LogP contribution in [-0.2, 0) is 4.79 Å². The molecule has 0 bridgehead atoms. The van der Waals surface area contributed by atoms with Gasteiger partial charge in [0, 0.05) is 42.3 Å². The molecule has 0 N–H and O–H groups in total. The van der Waals surface area contributed by atoms with Crippen LogP contribution >= 0.6 is 11.8 Å². The topological polar surface area (TPSA) is 55.3 Å². The molecule has 6 heteroatoms. The van der Waals surface area contributed by atoms with Gasteiger partial charge in [-0.1, -0.05) is 18.2 Å². The van der Waals surface area contributed by atoms with Crippen LogP contribution < -0.4 is 4.74 Å².